The van der Waals surface area contributed by atoms with Gasteiger partial charge in [-0.05, 0) is 36.6 Å². The molecule has 130 valence electrons. The Bertz CT molecular complexity index is 770. The Hall–Kier alpha value is -2.89. The van der Waals surface area contributed by atoms with Crippen molar-refractivity contribution < 1.29 is 19.1 Å². The number of hydrogen-bond acceptors (Lipinski definition) is 5. The number of carbonyl (C=O) groups is 2. The average Bonchev–Trinajstić information content (AvgIpc) is 3.14. The second-order valence-electron chi connectivity index (χ2n) is 6.00. The zero-order chi connectivity index (χ0) is 17.6. The number of pyridine rings is 1. The van der Waals surface area contributed by atoms with Gasteiger partial charge in [0, 0.05) is 24.0 Å². The fourth-order valence-electron chi connectivity index (χ4n) is 2.94. The summed E-state index contributed by atoms with van der Waals surface area (Å²) >= 11 is 0. The molecule has 0 atom stereocenters. The molecule has 1 aliphatic carbocycles. The minimum absolute atomic E-state index is 0.205. The maximum absolute atomic E-state index is 12.0. The van der Waals surface area contributed by atoms with Crippen molar-refractivity contribution in [2.75, 3.05) is 7.11 Å². The molecule has 6 nitrogen and oxygen atoms in total. The van der Waals surface area contributed by atoms with Gasteiger partial charge in [-0.1, -0.05) is 25.0 Å². The zero-order valence-electron chi connectivity index (χ0n) is 14.0. The molecule has 1 N–H and O–H groups in total. The van der Waals surface area contributed by atoms with Crippen LogP contribution in [0.15, 0.2) is 42.7 Å². The summed E-state index contributed by atoms with van der Waals surface area (Å²) < 4.78 is 10.1. The van der Waals surface area contributed by atoms with Gasteiger partial charge in [0.2, 0.25) is 0 Å². The average molecular weight is 340 g/mol. The van der Waals surface area contributed by atoms with Crippen molar-refractivity contribution in [1.29, 1.82) is 0 Å². The van der Waals surface area contributed by atoms with Gasteiger partial charge < -0.3 is 14.8 Å². The maximum atomic E-state index is 12.0. The first kappa shape index (κ1) is 17.0. The fourth-order valence-corrected chi connectivity index (χ4v) is 2.94. The van der Waals surface area contributed by atoms with E-state index in [0.717, 1.165) is 36.8 Å². The van der Waals surface area contributed by atoms with Crippen LogP contribution in [0.2, 0.25) is 0 Å². The highest BCUT2D eigenvalue weighted by Gasteiger charge is 2.18. The van der Waals surface area contributed by atoms with Crippen LogP contribution < -0.4 is 10.1 Å². The van der Waals surface area contributed by atoms with E-state index in [9.17, 15) is 9.59 Å². The van der Waals surface area contributed by atoms with E-state index >= 15 is 0 Å². The van der Waals surface area contributed by atoms with Gasteiger partial charge in [0.25, 0.3) is 0 Å². The Kier molecular flexibility index (Phi) is 5.28. The molecule has 0 aliphatic heterocycles. The van der Waals surface area contributed by atoms with Gasteiger partial charge in [0.15, 0.2) is 0 Å². The monoisotopic (exact) mass is 340 g/mol. The van der Waals surface area contributed by atoms with Crippen LogP contribution in [-0.4, -0.2) is 30.2 Å². The molecule has 1 fully saturated rings. The first-order valence-electron chi connectivity index (χ1n) is 8.28. The predicted octanol–water partition coefficient (Wildman–Crippen LogP) is 3.57. The van der Waals surface area contributed by atoms with Gasteiger partial charge in [0.05, 0.1) is 12.7 Å². The van der Waals surface area contributed by atoms with E-state index in [1.165, 1.54) is 13.3 Å². The van der Waals surface area contributed by atoms with E-state index in [1.807, 2.05) is 6.07 Å². The van der Waals surface area contributed by atoms with Crippen LogP contribution in [0, 0.1) is 0 Å². The third-order valence-corrected chi connectivity index (χ3v) is 4.21. The van der Waals surface area contributed by atoms with Crippen LogP contribution >= 0.6 is 0 Å². The predicted molar refractivity (Wildman–Crippen MR) is 92.4 cm³/mol. The Balaban J connectivity index is 1.72. The number of ether oxygens (including phenoxy) is 2. The quantitative estimate of drug-likeness (QED) is 0.861. The third kappa shape index (κ3) is 4.35. The van der Waals surface area contributed by atoms with Gasteiger partial charge in [-0.2, -0.15) is 0 Å². The molecular weight excluding hydrogens is 320 g/mol. The number of aromatic nitrogens is 1. The molecule has 1 aliphatic rings. The van der Waals surface area contributed by atoms with E-state index in [1.54, 1.807) is 30.5 Å². The molecule has 0 spiro atoms. The normalized spacial score (nSPS) is 14.1. The number of nitrogens with zero attached hydrogens (tertiary/aromatic N) is 1. The van der Waals surface area contributed by atoms with Crippen LogP contribution in [0.25, 0.3) is 11.1 Å². The molecule has 2 aromatic rings. The van der Waals surface area contributed by atoms with Gasteiger partial charge in [-0.25, -0.2) is 9.59 Å². The summed E-state index contributed by atoms with van der Waals surface area (Å²) in [5.41, 5.74) is 1.90. The number of methoxy groups -OCH3 is 1. The first-order chi connectivity index (χ1) is 12.2. The molecule has 3 rings (SSSR count). The molecule has 1 aromatic carbocycles. The molecular formula is C19H20N2O4. The summed E-state index contributed by atoms with van der Waals surface area (Å²) in [6.07, 6.45) is 6.94. The lowest BCUT2D eigenvalue weighted by atomic mass is 10.1. The summed E-state index contributed by atoms with van der Waals surface area (Å²) in [5, 5.41) is 2.88. The second kappa shape index (κ2) is 7.79. The van der Waals surface area contributed by atoms with Crippen molar-refractivity contribution >= 4 is 12.1 Å². The molecule has 0 radical (unpaired) electrons. The first-order valence-corrected chi connectivity index (χ1v) is 8.28. The van der Waals surface area contributed by atoms with Crippen molar-refractivity contribution in [3.05, 3.63) is 48.3 Å². The topological polar surface area (TPSA) is 77.5 Å². The number of amides is 1. The summed E-state index contributed by atoms with van der Waals surface area (Å²) in [5.74, 6) is -0.00540. The number of benzene rings is 1. The minimum Gasteiger partial charge on any atom is -0.465 e. The van der Waals surface area contributed by atoms with Crippen molar-refractivity contribution in [1.82, 2.24) is 10.3 Å². The van der Waals surface area contributed by atoms with E-state index in [4.69, 9.17) is 9.47 Å². The van der Waals surface area contributed by atoms with Gasteiger partial charge in [0.1, 0.15) is 5.75 Å². The lowest BCUT2D eigenvalue weighted by Crippen LogP contribution is -2.34. The molecule has 0 saturated heterocycles. The number of hydrogen-bond donors (Lipinski definition) is 1. The van der Waals surface area contributed by atoms with Crippen molar-refractivity contribution in [2.45, 2.75) is 31.7 Å². The second-order valence-corrected chi connectivity index (χ2v) is 6.00. The van der Waals surface area contributed by atoms with E-state index in [0.29, 0.717) is 11.3 Å². The number of nitrogens with one attached hydrogen (secondary N) is 1. The van der Waals surface area contributed by atoms with Gasteiger partial charge >= 0.3 is 12.1 Å². The molecule has 1 saturated carbocycles. The molecule has 1 amide bonds. The van der Waals surface area contributed by atoms with Crippen molar-refractivity contribution in [3.63, 3.8) is 0 Å². The highest BCUT2D eigenvalue weighted by Crippen LogP contribution is 2.24. The summed E-state index contributed by atoms with van der Waals surface area (Å²) in [4.78, 5) is 27.7. The van der Waals surface area contributed by atoms with Crippen LogP contribution in [0.1, 0.15) is 36.0 Å². The lowest BCUT2D eigenvalue weighted by Gasteiger charge is -2.12. The summed E-state index contributed by atoms with van der Waals surface area (Å²) in [7, 11) is 1.33. The zero-order valence-corrected chi connectivity index (χ0v) is 14.0. The molecule has 0 bridgehead atoms. The third-order valence-electron chi connectivity index (χ3n) is 4.21. The van der Waals surface area contributed by atoms with Gasteiger partial charge in [-0.3, -0.25) is 4.98 Å². The highest BCUT2D eigenvalue weighted by molar-refractivity contribution is 5.90. The Morgan fingerprint density at radius 1 is 1.12 bits per heavy atom. The smallest absolute Gasteiger partial charge is 0.412 e. The fraction of sp³-hybridized carbons (Fsp3) is 0.316. The lowest BCUT2D eigenvalue weighted by molar-refractivity contribution is 0.0600. The Morgan fingerprint density at radius 2 is 1.92 bits per heavy atom. The molecule has 0 unspecified atom stereocenters. The minimum atomic E-state index is -0.447. The van der Waals surface area contributed by atoms with Crippen LogP contribution in [0.4, 0.5) is 4.79 Å². The largest absolute Gasteiger partial charge is 0.465 e. The molecule has 25 heavy (non-hydrogen) atoms. The maximum Gasteiger partial charge on any atom is 0.412 e. The molecule has 1 aromatic heterocycles. The number of esters is 1. The van der Waals surface area contributed by atoms with E-state index < -0.39 is 12.1 Å². The summed E-state index contributed by atoms with van der Waals surface area (Å²) in [6, 6.07) is 9.01. The van der Waals surface area contributed by atoms with Crippen LogP contribution in [0.3, 0.4) is 0 Å². The Labute approximate surface area is 146 Å². The van der Waals surface area contributed by atoms with Crippen LogP contribution in [0.5, 0.6) is 5.75 Å². The van der Waals surface area contributed by atoms with E-state index in [-0.39, 0.29) is 6.04 Å². The number of rotatable bonds is 4. The van der Waals surface area contributed by atoms with Crippen LogP contribution in [-0.2, 0) is 4.74 Å². The standard InChI is InChI=1S/C19H20N2O4/c1-24-18(22)15-9-14(11-20-12-15)13-5-4-8-17(10-13)25-19(23)21-16-6-2-3-7-16/h4-5,8-12,16H,2-3,6-7H2,1H3,(H,21,23). The van der Waals surface area contributed by atoms with Crippen molar-refractivity contribution in [3.8, 4) is 16.9 Å². The van der Waals surface area contributed by atoms with Gasteiger partial charge in [-0.15, -0.1) is 0 Å². The number of carbonyl (C=O) groups excluding carboxylic acids is 2. The van der Waals surface area contributed by atoms with E-state index in [2.05, 4.69) is 10.3 Å². The molecule has 6 heteroatoms. The highest BCUT2D eigenvalue weighted by atomic mass is 16.6. The Morgan fingerprint density at radius 3 is 2.68 bits per heavy atom. The van der Waals surface area contributed by atoms with Crippen molar-refractivity contribution in [2.24, 2.45) is 0 Å². The SMILES string of the molecule is COC(=O)c1cncc(-c2cccc(OC(=O)NC3CCCC3)c2)c1. The summed E-state index contributed by atoms with van der Waals surface area (Å²) in [6.45, 7) is 0. The molecule has 1 heterocycles.